The molecule has 0 saturated heterocycles. The number of halogens is 1. The number of ether oxygens (including phenoxy) is 1. The number of hydrogen-bond donors (Lipinski definition) is 2. The zero-order chi connectivity index (χ0) is 23.1. The summed E-state index contributed by atoms with van der Waals surface area (Å²) in [6, 6.07) is 19.0. The van der Waals surface area contributed by atoms with Crippen LogP contribution < -0.4 is 10.1 Å². The zero-order valence-electron chi connectivity index (χ0n) is 17.4. The van der Waals surface area contributed by atoms with Gasteiger partial charge in [-0.05, 0) is 72.1 Å². The van der Waals surface area contributed by atoms with Crippen LogP contribution in [0.1, 0.15) is 40.4 Å². The lowest BCUT2D eigenvalue weighted by Crippen LogP contribution is -2.29. The molecule has 0 aliphatic heterocycles. The molecule has 0 radical (unpaired) electrons. The highest BCUT2D eigenvalue weighted by Crippen LogP contribution is 2.29. The molecular formula is C25H22ClNO5. The predicted molar refractivity (Wildman–Crippen MR) is 122 cm³/mol. The molecule has 164 valence electrons. The Hall–Kier alpha value is -3.64. The molecule has 2 amide bonds. The summed E-state index contributed by atoms with van der Waals surface area (Å²) >= 11 is 5.91. The second-order valence-corrected chi connectivity index (χ2v) is 7.62. The van der Waals surface area contributed by atoms with E-state index in [1.807, 2.05) is 18.3 Å². The summed E-state index contributed by atoms with van der Waals surface area (Å²) in [5.74, 6) is 0.412. The highest BCUT2D eigenvalue weighted by Gasteiger charge is 2.14. The van der Waals surface area contributed by atoms with E-state index in [0.717, 1.165) is 18.4 Å². The molecule has 0 saturated carbocycles. The van der Waals surface area contributed by atoms with Crippen LogP contribution in [0.2, 0.25) is 5.02 Å². The zero-order valence-corrected chi connectivity index (χ0v) is 18.2. The number of carbonyl (C=O) groups excluding carboxylic acids is 2. The molecule has 3 aromatic carbocycles. The number of aryl methyl sites for hydroxylation is 1. The average Bonchev–Trinajstić information content (AvgIpc) is 2.75. The highest BCUT2D eigenvalue weighted by molar-refractivity contribution is 6.30. The third-order valence-electron chi connectivity index (χ3n) is 4.69. The van der Waals surface area contributed by atoms with Gasteiger partial charge >= 0.3 is 6.09 Å². The van der Waals surface area contributed by atoms with Crippen molar-refractivity contribution in [2.45, 2.75) is 26.2 Å². The number of benzene rings is 3. The number of rotatable bonds is 8. The van der Waals surface area contributed by atoms with Crippen LogP contribution in [0.4, 0.5) is 4.79 Å². The van der Waals surface area contributed by atoms with Gasteiger partial charge in [-0.15, -0.1) is 0 Å². The van der Waals surface area contributed by atoms with Crippen LogP contribution in [0, 0.1) is 0 Å². The van der Waals surface area contributed by atoms with Gasteiger partial charge in [0.25, 0.3) is 0 Å². The molecule has 3 aromatic rings. The van der Waals surface area contributed by atoms with Crippen LogP contribution in [0.3, 0.4) is 0 Å². The molecule has 3 rings (SSSR count). The molecule has 0 fully saturated rings. The van der Waals surface area contributed by atoms with E-state index in [9.17, 15) is 14.4 Å². The lowest BCUT2D eigenvalue weighted by Gasteiger charge is -2.13. The fraction of sp³-hybridized carbons (Fsp3) is 0.160. The van der Waals surface area contributed by atoms with Crippen LogP contribution in [0.25, 0.3) is 0 Å². The van der Waals surface area contributed by atoms with E-state index in [2.05, 4.69) is 0 Å². The fourth-order valence-electron chi connectivity index (χ4n) is 3.25. The molecule has 0 aromatic heterocycles. The van der Waals surface area contributed by atoms with Crippen LogP contribution in [-0.4, -0.2) is 22.9 Å². The van der Waals surface area contributed by atoms with Crippen molar-refractivity contribution in [2.75, 3.05) is 0 Å². The van der Waals surface area contributed by atoms with Gasteiger partial charge in [0.1, 0.15) is 11.5 Å². The van der Waals surface area contributed by atoms with Gasteiger partial charge in [0.05, 0.1) is 6.42 Å². The number of ketones is 1. The summed E-state index contributed by atoms with van der Waals surface area (Å²) in [6.45, 7) is 2.04. The molecule has 0 spiro atoms. The van der Waals surface area contributed by atoms with E-state index in [1.165, 1.54) is 0 Å². The van der Waals surface area contributed by atoms with Crippen molar-refractivity contribution in [2.24, 2.45) is 0 Å². The number of hydrogen-bond acceptors (Lipinski definition) is 4. The van der Waals surface area contributed by atoms with Crippen molar-refractivity contribution in [3.63, 3.8) is 0 Å². The number of carbonyl (C=O) groups is 3. The lowest BCUT2D eigenvalue weighted by molar-refractivity contribution is -0.119. The largest absolute Gasteiger partial charge is 0.465 e. The van der Waals surface area contributed by atoms with Gasteiger partial charge < -0.3 is 9.84 Å². The molecule has 0 unspecified atom stereocenters. The summed E-state index contributed by atoms with van der Waals surface area (Å²) in [5, 5.41) is 11.0. The summed E-state index contributed by atoms with van der Waals surface area (Å²) in [6.07, 6.45) is 0.113. The van der Waals surface area contributed by atoms with Crippen molar-refractivity contribution >= 4 is 29.4 Å². The predicted octanol–water partition coefficient (Wildman–Crippen LogP) is 5.65. The monoisotopic (exact) mass is 451 g/mol. The lowest BCUT2D eigenvalue weighted by atomic mass is 9.99. The Labute approximate surface area is 190 Å². The first-order chi connectivity index (χ1) is 15.4. The Bertz CT molecular complexity index is 1140. The molecule has 32 heavy (non-hydrogen) atoms. The first-order valence-corrected chi connectivity index (χ1v) is 10.5. The molecule has 2 N–H and O–H groups in total. The van der Waals surface area contributed by atoms with Crippen LogP contribution >= 0.6 is 11.6 Å². The molecule has 0 aliphatic rings. The molecule has 6 nitrogen and oxygen atoms in total. The molecular weight excluding hydrogens is 430 g/mol. The Morgan fingerprint density at radius 2 is 1.69 bits per heavy atom. The third kappa shape index (κ3) is 6.18. The third-order valence-corrected chi connectivity index (χ3v) is 4.94. The Morgan fingerprint density at radius 3 is 2.38 bits per heavy atom. The maximum Gasteiger partial charge on any atom is 0.411 e. The summed E-state index contributed by atoms with van der Waals surface area (Å²) in [5.41, 5.74) is 2.62. The van der Waals surface area contributed by atoms with Gasteiger partial charge in [0.2, 0.25) is 5.91 Å². The van der Waals surface area contributed by atoms with Crippen molar-refractivity contribution in [3.05, 3.63) is 94.0 Å². The normalized spacial score (nSPS) is 10.4. The molecule has 0 bridgehead atoms. The minimum atomic E-state index is -1.39. The first kappa shape index (κ1) is 23.0. The van der Waals surface area contributed by atoms with E-state index in [-0.39, 0.29) is 12.2 Å². The Morgan fingerprint density at radius 1 is 0.969 bits per heavy atom. The summed E-state index contributed by atoms with van der Waals surface area (Å²) in [4.78, 5) is 35.1. The number of amides is 2. The standard InChI is InChI=1S/C25H22ClNO5/c1-2-4-18-15-19(24(29)17-7-10-20(26)11-8-17)9-12-22(18)32-21-6-3-5-16(13-21)14-23(28)27-25(30)31/h3,5-13,15H,2,4,14H2,1H3,(H,27,28)(H,30,31). The second kappa shape index (κ2) is 10.6. The van der Waals surface area contributed by atoms with E-state index < -0.39 is 12.0 Å². The van der Waals surface area contributed by atoms with Gasteiger partial charge in [-0.1, -0.05) is 37.1 Å². The topological polar surface area (TPSA) is 92.7 Å². The van der Waals surface area contributed by atoms with Gasteiger partial charge in [-0.2, -0.15) is 0 Å². The Balaban J connectivity index is 1.81. The summed E-state index contributed by atoms with van der Waals surface area (Å²) in [7, 11) is 0. The molecule has 7 heteroatoms. The fourth-order valence-corrected chi connectivity index (χ4v) is 3.37. The smallest absolute Gasteiger partial charge is 0.411 e. The van der Waals surface area contributed by atoms with Crippen LogP contribution in [0.5, 0.6) is 11.5 Å². The van der Waals surface area contributed by atoms with E-state index in [0.29, 0.717) is 33.2 Å². The molecule has 0 heterocycles. The van der Waals surface area contributed by atoms with Crippen molar-refractivity contribution in [1.82, 2.24) is 5.32 Å². The maximum atomic E-state index is 12.8. The molecule has 0 atom stereocenters. The van der Waals surface area contributed by atoms with E-state index in [4.69, 9.17) is 21.4 Å². The number of carboxylic acid groups (broad SMARTS) is 1. The summed E-state index contributed by atoms with van der Waals surface area (Å²) < 4.78 is 6.04. The Kier molecular flexibility index (Phi) is 7.63. The highest BCUT2D eigenvalue weighted by atomic mass is 35.5. The first-order valence-electron chi connectivity index (χ1n) is 10.1. The van der Waals surface area contributed by atoms with Crippen molar-refractivity contribution < 1.29 is 24.2 Å². The van der Waals surface area contributed by atoms with Crippen LogP contribution in [0.15, 0.2) is 66.7 Å². The van der Waals surface area contributed by atoms with Gasteiger partial charge in [0, 0.05) is 16.1 Å². The number of nitrogens with one attached hydrogen (secondary N) is 1. The number of imide groups is 1. The van der Waals surface area contributed by atoms with Gasteiger partial charge in [-0.25, -0.2) is 4.79 Å². The van der Waals surface area contributed by atoms with Gasteiger partial charge in [-0.3, -0.25) is 14.9 Å². The average molecular weight is 452 g/mol. The minimum Gasteiger partial charge on any atom is -0.465 e. The second-order valence-electron chi connectivity index (χ2n) is 7.19. The SMILES string of the molecule is CCCc1cc(C(=O)c2ccc(Cl)cc2)ccc1Oc1cccc(CC(=O)NC(=O)O)c1. The quantitative estimate of drug-likeness (QED) is 0.431. The molecule has 0 aliphatic carbocycles. The van der Waals surface area contributed by atoms with Gasteiger partial charge in [0.15, 0.2) is 5.78 Å². The van der Waals surface area contributed by atoms with Crippen LogP contribution in [-0.2, 0) is 17.6 Å². The minimum absolute atomic E-state index is 0.0835. The maximum absolute atomic E-state index is 12.8. The van der Waals surface area contributed by atoms with Crippen molar-refractivity contribution in [1.29, 1.82) is 0 Å². The van der Waals surface area contributed by atoms with E-state index in [1.54, 1.807) is 60.7 Å². The van der Waals surface area contributed by atoms with E-state index >= 15 is 0 Å². The van der Waals surface area contributed by atoms with Crippen molar-refractivity contribution in [3.8, 4) is 11.5 Å².